The van der Waals surface area contributed by atoms with Crippen molar-refractivity contribution in [1.82, 2.24) is 9.80 Å². The van der Waals surface area contributed by atoms with Gasteiger partial charge in [-0.15, -0.1) is 0 Å². The molecule has 0 spiro atoms. The average molecular weight is 252 g/mol. The van der Waals surface area contributed by atoms with E-state index >= 15 is 0 Å². The number of furan rings is 1. The third-order valence-electron chi connectivity index (χ3n) is 3.67. The monoisotopic (exact) mass is 252 g/mol. The Balaban J connectivity index is 2.03. The van der Waals surface area contributed by atoms with Gasteiger partial charge in [-0.2, -0.15) is 0 Å². The second kappa shape index (κ2) is 5.54. The highest BCUT2D eigenvalue weighted by Crippen LogP contribution is 2.22. The van der Waals surface area contributed by atoms with Gasteiger partial charge in [0.05, 0.1) is 12.5 Å². The highest BCUT2D eigenvalue weighted by molar-refractivity contribution is 5.73. The van der Waals surface area contributed by atoms with Gasteiger partial charge in [0.1, 0.15) is 6.04 Å². The summed E-state index contributed by atoms with van der Waals surface area (Å²) < 4.78 is 5.03. The van der Waals surface area contributed by atoms with Gasteiger partial charge >= 0.3 is 5.97 Å². The van der Waals surface area contributed by atoms with E-state index in [0.717, 1.165) is 18.5 Å². The fourth-order valence-electron chi connectivity index (χ4n) is 2.53. The lowest BCUT2D eigenvalue weighted by Crippen LogP contribution is -2.51. The van der Waals surface area contributed by atoms with E-state index in [1.807, 2.05) is 25.1 Å². The van der Waals surface area contributed by atoms with E-state index in [0.29, 0.717) is 19.0 Å². The van der Waals surface area contributed by atoms with Gasteiger partial charge in [0.15, 0.2) is 0 Å². The molecule has 0 radical (unpaired) electrons. The summed E-state index contributed by atoms with van der Waals surface area (Å²) >= 11 is 0. The maximum absolute atomic E-state index is 11.4. The molecular weight excluding hydrogens is 232 g/mol. The summed E-state index contributed by atoms with van der Waals surface area (Å²) in [6.45, 7) is 1.46. The van der Waals surface area contributed by atoms with Gasteiger partial charge in [-0.05, 0) is 33.0 Å². The Bertz CT molecular complexity index is 389. The van der Waals surface area contributed by atoms with Crippen molar-refractivity contribution in [1.29, 1.82) is 0 Å². The molecule has 5 nitrogen and oxygen atoms in total. The number of hydrogen-bond acceptors (Lipinski definition) is 4. The molecule has 2 atom stereocenters. The molecule has 1 aliphatic rings. The molecule has 0 bridgehead atoms. The molecule has 1 saturated heterocycles. The molecule has 1 N–H and O–H groups in total. The number of hydrogen-bond donors (Lipinski definition) is 1. The van der Waals surface area contributed by atoms with Crippen LogP contribution >= 0.6 is 0 Å². The van der Waals surface area contributed by atoms with Crippen LogP contribution < -0.4 is 0 Å². The van der Waals surface area contributed by atoms with Crippen LogP contribution in [0, 0.1) is 0 Å². The van der Waals surface area contributed by atoms with E-state index in [2.05, 4.69) is 4.90 Å². The van der Waals surface area contributed by atoms with Crippen molar-refractivity contribution >= 4 is 5.97 Å². The molecule has 18 heavy (non-hydrogen) atoms. The Morgan fingerprint density at radius 1 is 1.61 bits per heavy atom. The van der Waals surface area contributed by atoms with Crippen LogP contribution in [0.2, 0.25) is 0 Å². The number of piperidine rings is 1. The van der Waals surface area contributed by atoms with Gasteiger partial charge in [0.25, 0.3) is 0 Å². The number of carboxylic acids is 1. The minimum Gasteiger partial charge on any atom is -0.480 e. The predicted molar refractivity (Wildman–Crippen MR) is 67.3 cm³/mol. The van der Waals surface area contributed by atoms with Gasteiger partial charge in [-0.1, -0.05) is 0 Å². The third-order valence-corrected chi connectivity index (χ3v) is 3.67. The zero-order valence-electron chi connectivity index (χ0n) is 10.9. The summed E-state index contributed by atoms with van der Waals surface area (Å²) in [6, 6.07) is 1.84. The first kappa shape index (κ1) is 13.1. The Morgan fingerprint density at radius 3 is 2.94 bits per heavy atom. The Kier molecular flexibility index (Phi) is 4.04. The van der Waals surface area contributed by atoms with Crippen LogP contribution in [0.4, 0.5) is 0 Å². The molecule has 1 aliphatic heterocycles. The molecule has 0 saturated carbocycles. The van der Waals surface area contributed by atoms with Crippen molar-refractivity contribution in [2.45, 2.75) is 31.5 Å². The van der Waals surface area contributed by atoms with Crippen molar-refractivity contribution in [2.75, 3.05) is 20.6 Å². The molecule has 1 aromatic heterocycles. The first-order chi connectivity index (χ1) is 8.58. The molecule has 5 heteroatoms. The van der Waals surface area contributed by atoms with E-state index in [1.54, 1.807) is 12.5 Å². The highest BCUT2D eigenvalue weighted by Gasteiger charge is 2.34. The summed E-state index contributed by atoms with van der Waals surface area (Å²) in [6.07, 6.45) is 4.99. The molecule has 0 unspecified atom stereocenters. The lowest BCUT2D eigenvalue weighted by molar-refractivity contribution is -0.145. The number of carboxylic acid groups (broad SMARTS) is 1. The minimum absolute atomic E-state index is 0.353. The molecular formula is C13H20N2O3. The zero-order chi connectivity index (χ0) is 13.1. The van der Waals surface area contributed by atoms with E-state index in [-0.39, 0.29) is 0 Å². The van der Waals surface area contributed by atoms with E-state index < -0.39 is 12.0 Å². The zero-order valence-corrected chi connectivity index (χ0v) is 10.9. The molecule has 0 aromatic carbocycles. The van der Waals surface area contributed by atoms with Crippen molar-refractivity contribution in [3.63, 3.8) is 0 Å². The Morgan fingerprint density at radius 2 is 2.39 bits per heavy atom. The molecule has 0 amide bonds. The standard InChI is InChI=1S/C13H20N2O3/c1-14(2)11-3-5-15(12(7-11)13(16)17)8-10-4-6-18-9-10/h4,6,9,11-12H,3,5,7-8H2,1-2H3,(H,16,17)/t11-,12+/m0/s1. The van der Waals surface area contributed by atoms with Crippen LogP contribution in [0.1, 0.15) is 18.4 Å². The number of rotatable bonds is 4. The molecule has 1 fully saturated rings. The maximum atomic E-state index is 11.4. The summed E-state index contributed by atoms with van der Waals surface area (Å²) in [5.74, 6) is -0.731. The first-order valence-electron chi connectivity index (χ1n) is 6.22. The quantitative estimate of drug-likeness (QED) is 0.874. The fourth-order valence-corrected chi connectivity index (χ4v) is 2.53. The van der Waals surface area contributed by atoms with Crippen LogP contribution in [0.5, 0.6) is 0 Å². The van der Waals surface area contributed by atoms with Gasteiger partial charge in [0, 0.05) is 24.7 Å². The van der Waals surface area contributed by atoms with E-state index in [1.165, 1.54) is 0 Å². The Labute approximate surface area is 107 Å². The predicted octanol–water partition coefficient (Wildman–Crippen LogP) is 1.26. The summed E-state index contributed by atoms with van der Waals surface area (Å²) in [5.41, 5.74) is 1.03. The van der Waals surface area contributed by atoms with Crippen molar-refractivity contribution in [2.24, 2.45) is 0 Å². The second-order valence-corrected chi connectivity index (χ2v) is 5.10. The van der Waals surface area contributed by atoms with Gasteiger partial charge < -0.3 is 14.4 Å². The summed E-state index contributed by atoms with van der Waals surface area (Å²) in [5, 5.41) is 9.35. The van der Waals surface area contributed by atoms with Crippen LogP contribution in [-0.2, 0) is 11.3 Å². The lowest BCUT2D eigenvalue weighted by Gasteiger charge is -2.39. The third kappa shape index (κ3) is 2.91. The smallest absolute Gasteiger partial charge is 0.320 e. The molecule has 1 aromatic rings. The average Bonchev–Trinajstić information content (AvgIpc) is 2.81. The molecule has 2 rings (SSSR count). The van der Waals surface area contributed by atoms with Crippen LogP contribution in [0.3, 0.4) is 0 Å². The van der Waals surface area contributed by atoms with Crippen molar-refractivity contribution < 1.29 is 14.3 Å². The first-order valence-corrected chi connectivity index (χ1v) is 6.22. The van der Waals surface area contributed by atoms with E-state index in [9.17, 15) is 9.90 Å². The molecule has 0 aliphatic carbocycles. The normalized spacial score (nSPS) is 25.5. The molecule has 2 heterocycles. The van der Waals surface area contributed by atoms with Gasteiger partial charge in [-0.25, -0.2) is 0 Å². The lowest BCUT2D eigenvalue weighted by atomic mass is 9.96. The van der Waals surface area contributed by atoms with Gasteiger partial charge in [-0.3, -0.25) is 9.69 Å². The summed E-state index contributed by atoms with van der Waals surface area (Å²) in [4.78, 5) is 15.5. The summed E-state index contributed by atoms with van der Waals surface area (Å²) in [7, 11) is 4.02. The molecule has 100 valence electrons. The number of nitrogens with zero attached hydrogens (tertiary/aromatic N) is 2. The number of carbonyl (C=O) groups is 1. The van der Waals surface area contributed by atoms with E-state index in [4.69, 9.17) is 4.42 Å². The topological polar surface area (TPSA) is 56.9 Å². The number of aliphatic carboxylic acids is 1. The second-order valence-electron chi connectivity index (χ2n) is 5.10. The highest BCUT2D eigenvalue weighted by atomic mass is 16.4. The van der Waals surface area contributed by atoms with Crippen LogP contribution in [-0.4, -0.2) is 53.6 Å². The minimum atomic E-state index is -0.731. The Hall–Kier alpha value is -1.33. The maximum Gasteiger partial charge on any atom is 0.320 e. The van der Waals surface area contributed by atoms with Crippen LogP contribution in [0.25, 0.3) is 0 Å². The van der Waals surface area contributed by atoms with Crippen molar-refractivity contribution in [3.8, 4) is 0 Å². The SMILES string of the molecule is CN(C)[C@H]1CCN(Cc2ccoc2)[C@@H](C(=O)O)C1. The fraction of sp³-hybridized carbons (Fsp3) is 0.615. The van der Waals surface area contributed by atoms with Crippen molar-refractivity contribution in [3.05, 3.63) is 24.2 Å². The van der Waals surface area contributed by atoms with Gasteiger partial charge in [0.2, 0.25) is 0 Å². The van der Waals surface area contributed by atoms with Crippen LogP contribution in [0.15, 0.2) is 23.0 Å². The number of likely N-dealkylation sites (tertiary alicyclic amines) is 1. The largest absolute Gasteiger partial charge is 0.480 e.